The zero-order chi connectivity index (χ0) is 26.7. The number of hydrogen-bond donors (Lipinski definition) is 2. The number of rotatable bonds is 3. The Morgan fingerprint density at radius 2 is 1.63 bits per heavy atom. The molecule has 0 fully saturated rings. The van der Waals surface area contributed by atoms with E-state index in [-0.39, 0.29) is 24.0 Å². The Morgan fingerprint density at radius 1 is 0.895 bits per heavy atom. The second kappa shape index (κ2) is 8.81. The highest BCUT2D eigenvalue weighted by Crippen LogP contribution is 2.54. The standard InChI is InChI=1S/C33H29F2NO2/c1-20-30-27(36-32(2,3)33(20,37)19-22-9-7-11-24(35)17-22)15-14-26-25-12-4-5-13-28(25)38-29(31(26)30)18-21-8-6-10-23(34)16-21/h4-18,20,36-37H,19H2,1-3H3/t20-,33+/m0/s1. The molecule has 0 unspecified atom stereocenters. The summed E-state index contributed by atoms with van der Waals surface area (Å²) in [5, 5.41) is 15.9. The van der Waals surface area contributed by atoms with Crippen molar-refractivity contribution in [1.82, 2.24) is 0 Å². The third-order valence-corrected chi connectivity index (χ3v) is 8.08. The summed E-state index contributed by atoms with van der Waals surface area (Å²) >= 11 is 0. The molecule has 4 aromatic carbocycles. The van der Waals surface area contributed by atoms with Crippen molar-refractivity contribution in [3.05, 3.63) is 119 Å². The first-order valence-corrected chi connectivity index (χ1v) is 12.8. The van der Waals surface area contributed by atoms with E-state index in [0.29, 0.717) is 11.3 Å². The molecule has 2 heterocycles. The molecule has 0 radical (unpaired) electrons. The van der Waals surface area contributed by atoms with Crippen LogP contribution >= 0.6 is 0 Å². The van der Waals surface area contributed by atoms with E-state index < -0.39 is 11.1 Å². The van der Waals surface area contributed by atoms with Gasteiger partial charge >= 0.3 is 0 Å². The van der Waals surface area contributed by atoms with Gasteiger partial charge in [0.05, 0.1) is 11.1 Å². The predicted molar refractivity (Wildman–Crippen MR) is 148 cm³/mol. The van der Waals surface area contributed by atoms with Crippen LogP contribution in [0.3, 0.4) is 0 Å². The average Bonchev–Trinajstić information content (AvgIpc) is 2.87. The monoisotopic (exact) mass is 509 g/mol. The van der Waals surface area contributed by atoms with E-state index >= 15 is 0 Å². The molecule has 4 aromatic rings. The van der Waals surface area contributed by atoms with Gasteiger partial charge in [0.2, 0.25) is 0 Å². The molecule has 0 spiro atoms. The lowest BCUT2D eigenvalue weighted by atomic mass is 9.64. The maximum atomic E-state index is 14.1. The lowest BCUT2D eigenvalue weighted by Gasteiger charge is -2.53. The van der Waals surface area contributed by atoms with Gasteiger partial charge in [-0.1, -0.05) is 55.5 Å². The largest absolute Gasteiger partial charge is 0.456 e. The fourth-order valence-corrected chi connectivity index (χ4v) is 6.02. The lowest BCUT2D eigenvalue weighted by Crippen LogP contribution is -2.62. The number of para-hydroxylation sites is 1. The van der Waals surface area contributed by atoms with Crippen molar-refractivity contribution in [3.8, 4) is 16.9 Å². The molecule has 38 heavy (non-hydrogen) atoms. The predicted octanol–water partition coefficient (Wildman–Crippen LogP) is 7.80. The number of ether oxygens (including phenoxy) is 1. The SMILES string of the molecule is C[C@H]1c2c(ccc3c2C(=Cc2cccc(F)c2)Oc2ccccc2-3)NC(C)(C)[C@@]1(O)Cc1cccc(F)c1. The Balaban J connectivity index is 1.57. The van der Waals surface area contributed by atoms with Crippen molar-refractivity contribution in [2.75, 3.05) is 5.32 Å². The zero-order valence-electron chi connectivity index (χ0n) is 21.6. The molecule has 0 aromatic heterocycles. The number of aliphatic hydroxyl groups is 1. The minimum Gasteiger partial charge on any atom is -0.456 e. The molecule has 0 bridgehead atoms. The summed E-state index contributed by atoms with van der Waals surface area (Å²) in [5.41, 5.74) is 4.02. The molecule has 2 aliphatic rings. The fraction of sp³-hybridized carbons (Fsp3) is 0.212. The normalized spacial score (nSPS) is 22.1. The van der Waals surface area contributed by atoms with Crippen LogP contribution in [0.4, 0.5) is 14.5 Å². The van der Waals surface area contributed by atoms with Crippen LogP contribution in [-0.2, 0) is 6.42 Å². The van der Waals surface area contributed by atoms with Crippen molar-refractivity contribution in [2.45, 2.75) is 44.2 Å². The van der Waals surface area contributed by atoms with E-state index in [9.17, 15) is 13.9 Å². The van der Waals surface area contributed by atoms with Gasteiger partial charge < -0.3 is 15.2 Å². The molecule has 2 aliphatic heterocycles. The van der Waals surface area contributed by atoms with Crippen molar-refractivity contribution < 1.29 is 18.6 Å². The van der Waals surface area contributed by atoms with Crippen molar-refractivity contribution in [1.29, 1.82) is 0 Å². The maximum absolute atomic E-state index is 14.1. The summed E-state index contributed by atoms with van der Waals surface area (Å²) < 4.78 is 34.6. The fourth-order valence-electron chi connectivity index (χ4n) is 6.02. The van der Waals surface area contributed by atoms with Gasteiger partial charge in [-0.05, 0) is 78.6 Å². The molecular weight excluding hydrogens is 480 g/mol. The van der Waals surface area contributed by atoms with Gasteiger partial charge in [0.25, 0.3) is 0 Å². The quantitative estimate of drug-likeness (QED) is 0.296. The van der Waals surface area contributed by atoms with Gasteiger partial charge in [-0.2, -0.15) is 0 Å². The highest BCUT2D eigenvalue weighted by atomic mass is 19.1. The molecule has 5 heteroatoms. The van der Waals surface area contributed by atoms with Crippen LogP contribution in [0.2, 0.25) is 0 Å². The molecule has 6 rings (SSSR count). The highest BCUT2D eigenvalue weighted by molar-refractivity contribution is 5.96. The van der Waals surface area contributed by atoms with Crippen LogP contribution in [-0.4, -0.2) is 16.2 Å². The van der Waals surface area contributed by atoms with Gasteiger partial charge in [0.1, 0.15) is 23.1 Å². The Kier molecular flexibility index (Phi) is 5.65. The van der Waals surface area contributed by atoms with Crippen molar-refractivity contribution in [2.24, 2.45) is 0 Å². The topological polar surface area (TPSA) is 41.5 Å². The highest BCUT2D eigenvalue weighted by Gasteiger charge is 2.53. The van der Waals surface area contributed by atoms with Gasteiger partial charge in [0, 0.05) is 29.2 Å². The zero-order valence-corrected chi connectivity index (χ0v) is 21.6. The Morgan fingerprint density at radius 3 is 2.39 bits per heavy atom. The summed E-state index contributed by atoms with van der Waals surface area (Å²) in [5.74, 6) is 0.296. The van der Waals surface area contributed by atoms with E-state index in [1.807, 2.05) is 63.2 Å². The Bertz CT molecular complexity index is 1590. The van der Waals surface area contributed by atoms with E-state index in [1.165, 1.54) is 24.3 Å². The summed E-state index contributed by atoms with van der Waals surface area (Å²) in [6, 6.07) is 24.7. The van der Waals surface area contributed by atoms with Crippen LogP contribution in [0.1, 0.15) is 48.9 Å². The van der Waals surface area contributed by atoms with E-state index in [1.54, 1.807) is 12.1 Å². The Hall–Kier alpha value is -3.96. The summed E-state index contributed by atoms with van der Waals surface area (Å²) in [6.45, 7) is 5.96. The number of hydrogen-bond acceptors (Lipinski definition) is 3. The number of anilines is 1. The van der Waals surface area contributed by atoms with Gasteiger partial charge in [-0.25, -0.2) is 8.78 Å². The second-order valence-electron chi connectivity index (χ2n) is 10.8. The third-order valence-electron chi connectivity index (χ3n) is 8.08. The minimum absolute atomic E-state index is 0.259. The van der Waals surface area contributed by atoms with Crippen LogP contribution in [0.15, 0.2) is 84.9 Å². The maximum Gasteiger partial charge on any atom is 0.136 e. The summed E-state index contributed by atoms with van der Waals surface area (Å²) in [7, 11) is 0. The first-order chi connectivity index (χ1) is 18.2. The van der Waals surface area contributed by atoms with Crippen molar-refractivity contribution in [3.63, 3.8) is 0 Å². The van der Waals surface area contributed by atoms with Gasteiger partial charge in [-0.15, -0.1) is 0 Å². The average molecular weight is 510 g/mol. The van der Waals surface area contributed by atoms with Gasteiger partial charge in [-0.3, -0.25) is 0 Å². The van der Waals surface area contributed by atoms with Crippen LogP contribution < -0.4 is 10.1 Å². The lowest BCUT2D eigenvalue weighted by molar-refractivity contribution is -0.0374. The minimum atomic E-state index is -1.26. The van der Waals surface area contributed by atoms with Gasteiger partial charge in [0.15, 0.2) is 0 Å². The number of nitrogens with one attached hydrogen (secondary N) is 1. The molecule has 3 nitrogen and oxygen atoms in total. The molecule has 0 aliphatic carbocycles. The van der Waals surface area contributed by atoms with E-state index in [0.717, 1.165) is 39.3 Å². The summed E-state index contributed by atoms with van der Waals surface area (Å²) in [6.07, 6.45) is 2.10. The summed E-state index contributed by atoms with van der Waals surface area (Å²) in [4.78, 5) is 0. The molecule has 0 saturated carbocycles. The van der Waals surface area contributed by atoms with Crippen LogP contribution in [0.5, 0.6) is 5.75 Å². The first-order valence-electron chi connectivity index (χ1n) is 12.8. The van der Waals surface area contributed by atoms with E-state index in [2.05, 4.69) is 17.4 Å². The molecule has 192 valence electrons. The molecule has 2 atom stereocenters. The third kappa shape index (κ3) is 3.89. The van der Waals surface area contributed by atoms with Crippen molar-refractivity contribution >= 4 is 17.5 Å². The van der Waals surface area contributed by atoms with E-state index in [4.69, 9.17) is 4.74 Å². The molecule has 0 saturated heterocycles. The molecule has 2 N–H and O–H groups in total. The number of halogens is 2. The number of benzene rings is 4. The number of fused-ring (bicyclic) bond motifs is 5. The smallest absolute Gasteiger partial charge is 0.136 e. The van der Waals surface area contributed by atoms with Crippen LogP contribution in [0, 0.1) is 11.6 Å². The first kappa shape index (κ1) is 24.4. The molecular formula is C33H29F2NO2. The second-order valence-corrected chi connectivity index (χ2v) is 10.8. The van der Waals surface area contributed by atoms with Crippen LogP contribution in [0.25, 0.3) is 23.0 Å². The Labute approximate surface area is 221 Å². The molecule has 0 amide bonds.